The number of nitrogens with one attached hydrogen (secondary N) is 1. The maximum Gasteiger partial charge on any atom is 0.286 e. The van der Waals surface area contributed by atoms with Crippen molar-refractivity contribution in [1.82, 2.24) is 0 Å². The molecule has 0 aliphatic rings. The Morgan fingerprint density at radius 2 is 1.75 bits per heavy atom. The van der Waals surface area contributed by atoms with Crippen molar-refractivity contribution >= 4 is 40.2 Å². The zero-order chi connectivity index (χ0) is 16.9. The minimum Gasteiger partial charge on any atom is -0.449 e. The Hall–Kier alpha value is -2.73. The fourth-order valence-electron chi connectivity index (χ4n) is 2.35. The Kier molecular flexibility index (Phi) is 4.86. The Balaban J connectivity index is 1.69. The number of para-hydroxylation sites is 1. The number of hydrogen-bond donors (Lipinski definition) is 2. The first-order valence-corrected chi connectivity index (χ1v) is 8.53. The number of rotatable bonds is 6. The molecule has 3 aromatic rings. The first-order valence-electron chi connectivity index (χ1n) is 7.38. The zero-order valence-electron chi connectivity index (χ0n) is 12.8. The number of furan rings is 1. The highest BCUT2D eigenvalue weighted by Crippen LogP contribution is 2.30. The van der Waals surface area contributed by atoms with Gasteiger partial charge in [-0.3, -0.25) is 9.59 Å². The van der Waals surface area contributed by atoms with E-state index >= 15 is 0 Å². The van der Waals surface area contributed by atoms with E-state index in [1.807, 2.05) is 36.4 Å². The molecule has 0 saturated carbocycles. The lowest BCUT2D eigenvalue weighted by atomic mass is 10.2. The quantitative estimate of drug-likeness (QED) is 0.720. The summed E-state index contributed by atoms with van der Waals surface area (Å²) in [4.78, 5) is 23.7. The number of thioether (sulfide) groups is 1. The van der Waals surface area contributed by atoms with Crippen LogP contribution in [-0.2, 0) is 10.5 Å². The summed E-state index contributed by atoms with van der Waals surface area (Å²) < 4.78 is 5.44. The lowest BCUT2D eigenvalue weighted by Gasteiger charge is -2.05. The first kappa shape index (κ1) is 16.1. The van der Waals surface area contributed by atoms with Gasteiger partial charge in [0.2, 0.25) is 11.7 Å². The van der Waals surface area contributed by atoms with E-state index in [1.54, 1.807) is 18.2 Å². The molecule has 0 fully saturated rings. The van der Waals surface area contributed by atoms with Crippen LogP contribution in [0.1, 0.15) is 16.1 Å². The van der Waals surface area contributed by atoms with Crippen LogP contribution in [0.15, 0.2) is 59.0 Å². The highest BCUT2D eigenvalue weighted by atomic mass is 32.2. The predicted octanol–water partition coefficient (Wildman–Crippen LogP) is 3.40. The summed E-state index contributed by atoms with van der Waals surface area (Å²) in [5.74, 6) is 0.0661. The van der Waals surface area contributed by atoms with Gasteiger partial charge in [-0.15, -0.1) is 11.8 Å². The second kappa shape index (κ2) is 7.23. The molecule has 0 radical (unpaired) electrons. The lowest BCUT2D eigenvalue weighted by molar-refractivity contribution is -0.113. The summed E-state index contributed by atoms with van der Waals surface area (Å²) in [5.41, 5.74) is 7.34. The van der Waals surface area contributed by atoms with E-state index in [1.165, 1.54) is 11.8 Å². The Morgan fingerprint density at radius 3 is 2.50 bits per heavy atom. The lowest BCUT2D eigenvalue weighted by Crippen LogP contribution is -2.18. The van der Waals surface area contributed by atoms with E-state index < -0.39 is 5.91 Å². The van der Waals surface area contributed by atoms with Crippen molar-refractivity contribution in [3.05, 3.63) is 65.9 Å². The summed E-state index contributed by atoms with van der Waals surface area (Å²) in [6.07, 6.45) is 0. The van der Waals surface area contributed by atoms with Gasteiger partial charge in [0.05, 0.1) is 5.75 Å². The molecule has 0 unspecified atom stereocenters. The third-order valence-electron chi connectivity index (χ3n) is 3.43. The smallest absolute Gasteiger partial charge is 0.286 e. The number of primary amides is 1. The Bertz CT molecular complexity index is 874. The largest absolute Gasteiger partial charge is 0.449 e. The van der Waals surface area contributed by atoms with Gasteiger partial charge in [0, 0.05) is 11.1 Å². The van der Waals surface area contributed by atoms with E-state index in [2.05, 4.69) is 5.32 Å². The van der Waals surface area contributed by atoms with Crippen molar-refractivity contribution in [2.45, 2.75) is 5.75 Å². The number of carbonyl (C=O) groups is 2. The van der Waals surface area contributed by atoms with Gasteiger partial charge in [0.1, 0.15) is 11.3 Å². The van der Waals surface area contributed by atoms with Crippen molar-refractivity contribution in [3.8, 4) is 0 Å². The molecule has 3 rings (SSSR count). The maximum absolute atomic E-state index is 12.2. The molecule has 122 valence electrons. The first-order chi connectivity index (χ1) is 11.6. The third kappa shape index (κ3) is 3.60. The second-order valence-corrected chi connectivity index (χ2v) is 6.18. The molecule has 0 spiro atoms. The fraction of sp³-hybridized carbons (Fsp3) is 0.111. The standard InChI is InChI=1S/C18H16N2O3S/c19-18(22)17-16(13-8-4-5-9-14(13)23-17)20-15(21)11-24-10-12-6-2-1-3-7-12/h1-9H,10-11H2,(H2,19,22)(H,20,21). The van der Waals surface area contributed by atoms with Gasteiger partial charge in [-0.2, -0.15) is 0 Å². The minimum absolute atomic E-state index is 0.0300. The van der Waals surface area contributed by atoms with E-state index in [-0.39, 0.29) is 17.4 Å². The summed E-state index contributed by atoms with van der Waals surface area (Å²) in [5, 5.41) is 3.41. The SMILES string of the molecule is NC(=O)c1oc2ccccc2c1NC(=O)CSCc1ccccc1. The van der Waals surface area contributed by atoms with Gasteiger partial charge < -0.3 is 15.5 Å². The van der Waals surface area contributed by atoms with Crippen LogP contribution in [0.25, 0.3) is 11.0 Å². The summed E-state index contributed by atoms with van der Waals surface area (Å²) in [7, 11) is 0. The number of hydrogen-bond acceptors (Lipinski definition) is 4. The van der Waals surface area contributed by atoms with Crippen LogP contribution in [0.4, 0.5) is 5.69 Å². The molecule has 0 atom stereocenters. The summed E-state index contributed by atoms with van der Waals surface area (Å²) >= 11 is 1.50. The minimum atomic E-state index is -0.710. The van der Waals surface area contributed by atoms with Gasteiger partial charge in [-0.25, -0.2) is 0 Å². The van der Waals surface area contributed by atoms with E-state index in [0.717, 1.165) is 11.3 Å². The third-order valence-corrected chi connectivity index (χ3v) is 4.43. The van der Waals surface area contributed by atoms with Crippen molar-refractivity contribution < 1.29 is 14.0 Å². The van der Waals surface area contributed by atoms with E-state index in [9.17, 15) is 9.59 Å². The molecule has 5 nitrogen and oxygen atoms in total. The normalized spacial score (nSPS) is 10.7. The molecular formula is C18H16N2O3S. The molecule has 2 amide bonds. The summed E-state index contributed by atoms with van der Waals surface area (Å²) in [6.45, 7) is 0. The highest BCUT2D eigenvalue weighted by molar-refractivity contribution is 7.99. The second-order valence-electron chi connectivity index (χ2n) is 5.19. The maximum atomic E-state index is 12.2. The van der Waals surface area contributed by atoms with Crippen LogP contribution in [0.2, 0.25) is 0 Å². The van der Waals surface area contributed by atoms with Gasteiger partial charge in [0.25, 0.3) is 5.91 Å². The fourth-order valence-corrected chi connectivity index (χ4v) is 3.14. The van der Waals surface area contributed by atoms with Crippen LogP contribution in [0.5, 0.6) is 0 Å². The average Bonchev–Trinajstić information content (AvgIpc) is 2.95. The number of anilines is 1. The molecule has 0 aliphatic carbocycles. The molecule has 0 saturated heterocycles. The predicted molar refractivity (Wildman–Crippen MR) is 96.0 cm³/mol. The van der Waals surface area contributed by atoms with Crippen molar-refractivity contribution in [2.24, 2.45) is 5.73 Å². The average molecular weight is 340 g/mol. The molecule has 24 heavy (non-hydrogen) atoms. The molecule has 3 N–H and O–H groups in total. The number of fused-ring (bicyclic) bond motifs is 1. The van der Waals surface area contributed by atoms with Crippen molar-refractivity contribution in [2.75, 3.05) is 11.1 Å². The van der Waals surface area contributed by atoms with E-state index in [0.29, 0.717) is 16.7 Å². The summed E-state index contributed by atoms with van der Waals surface area (Å²) in [6, 6.07) is 17.0. The van der Waals surface area contributed by atoms with Crippen LogP contribution in [-0.4, -0.2) is 17.6 Å². The molecule has 0 bridgehead atoms. The number of carbonyl (C=O) groups excluding carboxylic acids is 2. The number of amides is 2. The molecule has 6 heteroatoms. The van der Waals surface area contributed by atoms with E-state index in [4.69, 9.17) is 10.2 Å². The van der Waals surface area contributed by atoms with Crippen molar-refractivity contribution in [3.63, 3.8) is 0 Å². The van der Waals surface area contributed by atoms with Crippen LogP contribution in [0, 0.1) is 0 Å². The topological polar surface area (TPSA) is 85.3 Å². The molecular weight excluding hydrogens is 324 g/mol. The van der Waals surface area contributed by atoms with Gasteiger partial charge in [0.15, 0.2) is 0 Å². The van der Waals surface area contributed by atoms with Crippen LogP contribution >= 0.6 is 11.8 Å². The van der Waals surface area contributed by atoms with Crippen LogP contribution < -0.4 is 11.1 Å². The highest BCUT2D eigenvalue weighted by Gasteiger charge is 2.20. The van der Waals surface area contributed by atoms with Crippen LogP contribution in [0.3, 0.4) is 0 Å². The molecule has 0 aliphatic heterocycles. The molecule has 2 aromatic carbocycles. The Labute approximate surface area is 143 Å². The Morgan fingerprint density at radius 1 is 1.04 bits per heavy atom. The molecule has 1 heterocycles. The monoisotopic (exact) mass is 340 g/mol. The van der Waals surface area contributed by atoms with Gasteiger partial charge in [-0.1, -0.05) is 42.5 Å². The van der Waals surface area contributed by atoms with Gasteiger partial charge in [-0.05, 0) is 17.7 Å². The zero-order valence-corrected chi connectivity index (χ0v) is 13.6. The number of nitrogens with two attached hydrogens (primary N) is 1. The van der Waals surface area contributed by atoms with Crippen molar-refractivity contribution in [1.29, 1.82) is 0 Å². The number of benzene rings is 2. The van der Waals surface area contributed by atoms with Gasteiger partial charge >= 0.3 is 0 Å². The molecule has 1 aromatic heterocycles.